The van der Waals surface area contributed by atoms with Gasteiger partial charge in [0.2, 0.25) is 0 Å². The first kappa shape index (κ1) is 20.0. The van der Waals surface area contributed by atoms with Crippen LogP contribution in [0.15, 0.2) is 45.6 Å². The molecule has 4 rings (SSSR count). The minimum atomic E-state index is -0.940. The molecule has 1 aliphatic rings. The Balaban J connectivity index is 1.89. The minimum Gasteiger partial charge on any atom is -0.446 e. The van der Waals surface area contributed by atoms with Gasteiger partial charge in [0.15, 0.2) is 5.76 Å². The van der Waals surface area contributed by atoms with E-state index in [1.54, 1.807) is 9.47 Å². The molecule has 2 heterocycles. The summed E-state index contributed by atoms with van der Waals surface area (Å²) in [4.78, 5) is 27.2. The van der Waals surface area contributed by atoms with Crippen molar-refractivity contribution >= 4 is 11.8 Å². The summed E-state index contributed by atoms with van der Waals surface area (Å²) in [7, 11) is 0. The van der Waals surface area contributed by atoms with E-state index < -0.39 is 17.4 Å². The number of rotatable bonds is 3. The molecule has 0 aliphatic carbocycles. The monoisotopic (exact) mass is 406 g/mol. The maximum absolute atomic E-state index is 12.9. The van der Waals surface area contributed by atoms with Crippen molar-refractivity contribution in [3.05, 3.63) is 80.7 Å². The Kier molecular flexibility index (Phi) is 4.60. The lowest BCUT2D eigenvalue weighted by atomic mass is 9.95. The van der Waals surface area contributed by atoms with Crippen LogP contribution in [0.1, 0.15) is 40.6 Å². The van der Waals surface area contributed by atoms with Gasteiger partial charge in [0, 0.05) is 5.69 Å². The minimum absolute atomic E-state index is 0.0967. The second-order valence-electron chi connectivity index (χ2n) is 8.47. The molecule has 0 radical (unpaired) electrons. The Bertz CT molecular complexity index is 1180. The first-order valence-electron chi connectivity index (χ1n) is 9.97. The van der Waals surface area contributed by atoms with Crippen molar-refractivity contribution < 1.29 is 13.9 Å². The van der Waals surface area contributed by atoms with Crippen LogP contribution < -0.4 is 10.7 Å². The predicted octanol–water partition coefficient (Wildman–Crippen LogP) is 4.84. The van der Waals surface area contributed by atoms with E-state index in [0.717, 1.165) is 33.6 Å². The van der Waals surface area contributed by atoms with E-state index in [2.05, 4.69) is 6.07 Å². The molecule has 1 unspecified atom stereocenters. The summed E-state index contributed by atoms with van der Waals surface area (Å²) >= 11 is 0. The average molecular weight is 406 g/mol. The standard InChI is InChI=1S/C24H26N2O4/c1-14-7-15(2)10-19(9-14)25-18(5)21(30-22(25)27)24(6)13-29-23(28)26(24)20-11-16(3)8-17(4)12-20/h7-12H,13H2,1-6H3. The van der Waals surface area contributed by atoms with Crippen molar-refractivity contribution in [2.45, 2.75) is 47.1 Å². The molecule has 1 aromatic heterocycles. The number of hydrogen-bond acceptors (Lipinski definition) is 4. The van der Waals surface area contributed by atoms with E-state index in [9.17, 15) is 9.59 Å². The highest BCUT2D eigenvalue weighted by atomic mass is 16.6. The maximum Gasteiger partial charge on any atom is 0.424 e. The predicted molar refractivity (Wildman–Crippen MR) is 116 cm³/mol. The Morgan fingerprint density at radius 3 is 1.83 bits per heavy atom. The van der Waals surface area contributed by atoms with Gasteiger partial charge in [-0.1, -0.05) is 12.1 Å². The van der Waals surface area contributed by atoms with Crippen LogP contribution in [0.4, 0.5) is 10.5 Å². The summed E-state index contributed by atoms with van der Waals surface area (Å²) < 4.78 is 12.8. The number of amides is 1. The van der Waals surface area contributed by atoms with Gasteiger partial charge in [-0.05, 0) is 88.1 Å². The fraction of sp³-hybridized carbons (Fsp3) is 0.333. The summed E-state index contributed by atoms with van der Waals surface area (Å²) in [5.74, 6) is -0.0508. The van der Waals surface area contributed by atoms with Crippen LogP contribution in [0.25, 0.3) is 5.69 Å². The topological polar surface area (TPSA) is 64.7 Å². The maximum atomic E-state index is 12.9. The molecule has 1 fully saturated rings. The molecule has 1 amide bonds. The van der Waals surface area contributed by atoms with Crippen LogP contribution in [0, 0.1) is 34.6 Å². The second-order valence-corrected chi connectivity index (χ2v) is 8.47. The number of anilines is 1. The number of hydrogen-bond donors (Lipinski definition) is 0. The average Bonchev–Trinajstić information content (AvgIpc) is 3.10. The highest BCUT2D eigenvalue weighted by molar-refractivity contribution is 5.92. The number of carbonyl (C=O) groups excluding carboxylic acids is 1. The van der Waals surface area contributed by atoms with E-state index in [1.807, 2.05) is 71.9 Å². The van der Waals surface area contributed by atoms with Gasteiger partial charge in [0.05, 0.1) is 11.4 Å². The van der Waals surface area contributed by atoms with Crippen LogP contribution in [0.5, 0.6) is 0 Å². The number of cyclic esters (lactones) is 1. The molecular formula is C24H26N2O4. The van der Waals surface area contributed by atoms with Gasteiger partial charge in [0.1, 0.15) is 12.1 Å². The molecule has 0 saturated carbocycles. The molecule has 3 aromatic rings. The summed E-state index contributed by atoms with van der Waals surface area (Å²) in [6.07, 6.45) is -0.455. The van der Waals surface area contributed by atoms with Gasteiger partial charge in [-0.3, -0.25) is 4.90 Å². The van der Waals surface area contributed by atoms with E-state index in [1.165, 1.54) is 0 Å². The van der Waals surface area contributed by atoms with Crippen LogP contribution in [0.3, 0.4) is 0 Å². The Morgan fingerprint density at radius 1 is 0.800 bits per heavy atom. The molecule has 0 spiro atoms. The highest BCUT2D eigenvalue weighted by Crippen LogP contribution is 2.40. The number of ether oxygens (including phenoxy) is 1. The van der Waals surface area contributed by atoms with E-state index in [0.29, 0.717) is 11.5 Å². The molecule has 1 saturated heterocycles. The Morgan fingerprint density at radius 2 is 1.30 bits per heavy atom. The van der Waals surface area contributed by atoms with Crippen molar-refractivity contribution in [3.63, 3.8) is 0 Å². The lowest BCUT2D eigenvalue weighted by Gasteiger charge is -2.30. The van der Waals surface area contributed by atoms with Gasteiger partial charge in [0.25, 0.3) is 0 Å². The first-order chi connectivity index (χ1) is 14.1. The quantitative estimate of drug-likeness (QED) is 0.624. The molecule has 1 aliphatic heterocycles. The Hall–Kier alpha value is -3.28. The fourth-order valence-electron chi connectivity index (χ4n) is 4.49. The molecule has 6 nitrogen and oxygen atoms in total. The third-order valence-corrected chi connectivity index (χ3v) is 5.61. The van der Waals surface area contributed by atoms with Crippen LogP contribution in [0.2, 0.25) is 0 Å². The second kappa shape index (κ2) is 6.90. The van der Waals surface area contributed by atoms with Crippen LogP contribution in [-0.2, 0) is 10.3 Å². The summed E-state index contributed by atoms with van der Waals surface area (Å²) in [5.41, 5.74) is 5.37. The molecule has 0 bridgehead atoms. The summed E-state index contributed by atoms with van der Waals surface area (Å²) in [6, 6.07) is 11.9. The number of benzene rings is 2. The van der Waals surface area contributed by atoms with Gasteiger partial charge < -0.3 is 9.15 Å². The van der Waals surface area contributed by atoms with Crippen molar-refractivity contribution in [3.8, 4) is 5.69 Å². The van der Waals surface area contributed by atoms with E-state index >= 15 is 0 Å². The van der Waals surface area contributed by atoms with Gasteiger partial charge in [-0.15, -0.1) is 0 Å². The zero-order chi connectivity index (χ0) is 21.8. The molecule has 30 heavy (non-hydrogen) atoms. The smallest absolute Gasteiger partial charge is 0.424 e. The molecule has 1 atom stereocenters. The van der Waals surface area contributed by atoms with E-state index in [-0.39, 0.29) is 6.61 Å². The number of nitrogens with zero attached hydrogens (tertiary/aromatic N) is 2. The molecule has 2 aromatic carbocycles. The van der Waals surface area contributed by atoms with Crippen molar-refractivity contribution in [2.24, 2.45) is 0 Å². The molecular weight excluding hydrogens is 380 g/mol. The Labute approximate surface area is 175 Å². The van der Waals surface area contributed by atoms with Crippen molar-refractivity contribution in [1.29, 1.82) is 0 Å². The molecule has 6 heteroatoms. The molecule has 156 valence electrons. The fourth-order valence-corrected chi connectivity index (χ4v) is 4.49. The zero-order valence-electron chi connectivity index (χ0n) is 18.2. The number of carbonyl (C=O) groups is 1. The molecule has 0 N–H and O–H groups in total. The highest BCUT2D eigenvalue weighted by Gasteiger charge is 2.50. The summed E-state index contributed by atoms with van der Waals surface area (Å²) in [6.45, 7) is 11.8. The summed E-state index contributed by atoms with van der Waals surface area (Å²) in [5, 5.41) is 0. The van der Waals surface area contributed by atoms with Crippen molar-refractivity contribution in [1.82, 2.24) is 4.57 Å². The third-order valence-electron chi connectivity index (χ3n) is 5.61. The van der Waals surface area contributed by atoms with Gasteiger partial charge in [-0.25, -0.2) is 14.2 Å². The number of aromatic nitrogens is 1. The van der Waals surface area contributed by atoms with Crippen LogP contribution in [-0.4, -0.2) is 17.3 Å². The SMILES string of the molecule is Cc1cc(C)cc(N2C(=O)OCC2(C)c2oc(=O)n(-c3cc(C)cc(C)c3)c2C)c1. The lowest BCUT2D eigenvalue weighted by Crippen LogP contribution is -2.42. The number of oxazole rings is 1. The zero-order valence-corrected chi connectivity index (χ0v) is 18.2. The first-order valence-corrected chi connectivity index (χ1v) is 9.97. The number of aryl methyl sites for hydroxylation is 4. The van der Waals surface area contributed by atoms with E-state index in [4.69, 9.17) is 9.15 Å². The lowest BCUT2D eigenvalue weighted by molar-refractivity contribution is 0.171. The normalized spacial score (nSPS) is 18.7. The third kappa shape index (κ3) is 3.12. The van der Waals surface area contributed by atoms with Gasteiger partial charge >= 0.3 is 11.8 Å². The van der Waals surface area contributed by atoms with Gasteiger partial charge in [-0.2, -0.15) is 0 Å². The van der Waals surface area contributed by atoms with Crippen molar-refractivity contribution in [2.75, 3.05) is 11.5 Å². The van der Waals surface area contributed by atoms with Crippen LogP contribution >= 0.6 is 0 Å². The largest absolute Gasteiger partial charge is 0.446 e.